The minimum Gasteiger partial charge on any atom is -0.397 e. The van der Waals surface area contributed by atoms with E-state index in [0.29, 0.717) is 50.9 Å². The Morgan fingerprint density at radius 2 is 2.00 bits per heavy atom. The number of nitrogen functional groups attached to an aromatic ring is 1. The highest BCUT2D eigenvalue weighted by Crippen LogP contribution is 2.37. The zero-order valence-electron chi connectivity index (χ0n) is 18.9. The maximum Gasteiger partial charge on any atom is 0.175 e. The lowest BCUT2D eigenvalue weighted by molar-refractivity contribution is 0.0962. The number of benzene rings is 1. The van der Waals surface area contributed by atoms with Crippen LogP contribution in [-0.4, -0.2) is 35.9 Å². The predicted octanol–water partition coefficient (Wildman–Crippen LogP) is 4.64. The molecule has 2 saturated heterocycles. The second-order valence-corrected chi connectivity index (χ2v) is 11.0. The molecule has 2 bridgehead atoms. The largest absolute Gasteiger partial charge is 0.397 e. The molecule has 1 aromatic carbocycles. The molecule has 2 fully saturated rings. The first-order valence-electron chi connectivity index (χ1n) is 12.0. The number of nitrogens with two attached hydrogens (primary N) is 1. The molecule has 2 aliphatic heterocycles. The highest BCUT2D eigenvalue weighted by atomic mass is 32.1. The van der Waals surface area contributed by atoms with Crippen LogP contribution in [0.1, 0.15) is 52.2 Å². The van der Waals surface area contributed by atoms with Gasteiger partial charge in [0.1, 0.15) is 10.6 Å². The molecular formula is C26H29FN4OS. The van der Waals surface area contributed by atoms with Crippen LogP contribution in [0.2, 0.25) is 0 Å². The molecule has 1 aliphatic carbocycles. The van der Waals surface area contributed by atoms with Crippen molar-refractivity contribution < 1.29 is 9.18 Å². The molecule has 0 saturated carbocycles. The lowest BCUT2D eigenvalue weighted by Crippen LogP contribution is -2.51. The van der Waals surface area contributed by atoms with Crippen molar-refractivity contribution in [1.82, 2.24) is 10.3 Å². The van der Waals surface area contributed by atoms with Gasteiger partial charge in [0.25, 0.3) is 0 Å². The molecule has 5 nitrogen and oxygen atoms in total. The third-order valence-corrected chi connectivity index (χ3v) is 8.84. The van der Waals surface area contributed by atoms with Gasteiger partial charge in [-0.25, -0.2) is 9.37 Å². The van der Waals surface area contributed by atoms with E-state index in [1.807, 2.05) is 0 Å². The Morgan fingerprint density at radius 3 is 2.79 bits per heavy atom. The average molecular weight is 465 g/mol. The lowest BCUT2D eigenvalue weighted by Gasteiger charge is -2.35. The average Bonchev–Trinajstić information content (AvgIpc) is 3.31. The number of anilines is 2. The van der Waals surface area contributed by atoms with Crippen molar-refractivity contribution in [3.8, 4) is 0 Å². The Bertz CT molecular complexity index is 1240. The van der Waals surface area contributed by atoms with Crippen molar-refractivity contribution in [2.75, 3.05) is 23.7 Å². The topological polar surface area (TPSA) is 71.2 Å². The van der Waals surface area contributed by atoms with Crippen LogP contribution < -0.4 is 16.0 Å². The first-order chi connectivity index (χ1) is 15.9. The summed E-state index contributed by atoms with van der Waals surface area (Å²) in [5.74, 6) is -0.0282. The number of carbonyl (C=O) groups is 1. The maximum atomic E-state index is 13.9. The van der Waals surface area contributed by atoms with Crippen LogP contribution in [-0.2, 0) is 12.8 Å². The maximum absolute atomic E-state index is 13.9. The number of rotatable bonds is 4. The van der Waals surface area contributed by atoms with Crippen LogP contribution in [0.5, 0.6) is 0 Å². The van der Waals surface area contributed by atoms with Crippen molar-refractivity contribution in [3.63, 3.8) is 0 Å². The number of halogens is 1. The van der Waals surface area contributed by atoms with E-state index in [1.165, 1.54) is 47.1 Å². The highest BCUT2D eigenvalue weighted by Gasteiger charge is 2.32. The third kappa shape index (κ3) is 3.81. The third-order valence-electron chi connectivity index (χ3n) is 7.68. The Kier molecular flexibility index (Phi) is 5.14. The second-order valence-electron chi connectivity index (χ2n) is 9.99. The quantitative estimate of drug-likeness (QED) is 0.550. The fourth-order valence-electron chi connectivity index (χ4n) is 5.86. The number of Topliss-reactive ketones (excluding diaryl/α,β-unsaturated/α-hetero) is 1. The van der Waals surface area contributed by atoms with Gasteiger partial charge >= 0.3 is 0 Å². The number of aryl methyl sites for hydroxylation is 2. The van der Waals surface area contributed by atoms with Crippen molar-refractivity contribution in [2.24, 2.45) is 5.92 Å². The summed E-state index contributed by atoms with van der Waals surface area (Å²) in [6, 6.07) is 9.58. The Hall–Kier alpha value is -2.51. The van der Waals surface area contributed by atoms with E-state index < -0.39 is 0 Å². The SMILES string of the molecule is Cc1nc2sc(C(=O)C[C@@H]3CCc4cc(N5CC6CCC(C5)N6)ccc4C3)c(N)c2cc1F. The summed E-state index contributed by atoms with van der Waals surface area (Å²) in [4.78, 5) is 21.1. The molecule has 2 aromatic heterocycles. The van der Waals surface area contributed by atoms with Crippen molar-refractivity contribution in [2.45, 2.75) is 57.5 Å². The van der Waals surface area contributed by atoms with E-state index in [2.05, 4.69) is 33.4 Å². The van der Waals surface area contributed by atoms with Gasteiger partial charge in [0.05, 0.1) is 16.3 Å². The van der Waals surface area contributed by atoms with E-state index >= 15 is 0 Å². The number of fused-ring (bicyclic) bond motifs is 4. The summed E-state index contributed by atoms with van der Waals surface area (Å²) >= 11 is 1.29. The molecule has 6 rings (SSSR count). The summed E-state index contributed by atoms with van der Waals surface area (Å²) in [6.45, 7) is 3.83. The molecule has 33 heavy (non-hydrogen) atoms. The number of thiophene rings is 1. The number of nitrogens with one attached hydrogen (secondary N) is 1. The number of hydrogen-bond donors (Lipinski definition) is 2. The van der Waals surface area contributed by atoms with Crippen LogP contribution in [0, 0.1) is 18.7 Å². The number of aromatic nitrogens is 1. The van der Waals surface area contributed by atoms with Crippen LogP contribution in [0.3, 0.4) is 0 Å². The standard InChI is InChI=1S/C26H29FN4OS/c1-14-22(27)11-21-24(28)25(33-26(21)29-14)23(32)9-15-2-3-17-10-20(7-4-16(17)8-15)31-12-18-5-6-19(13-31)30-18/h4,7,10-11,15,18-19,30H,2-3,5-6,8-9,12-13,28H2,1H3/t15-,18?,19?/m1/s1. The number of pyridine rings is 1. The molecule has 3 aliphatic rings. The number of hydrogen-bond acceptors (Lipinski definition) is 6. The molecule has 3 N–H and O–H groups in total. The summed E-state index contributed by atoms with van der Waals surface area (Å²) in [6.07, 6.45) is 5.99. The lowest BCUT2D eigenvalue weighted by atomic mass is 9.81. The molecule has 2 unspecified atom stereocenters. The molecule has 0 spiro atoms. The van der Waals surface area contributed by atoms with Crippen LogP contribution in [0.25, 0.3) is 10.2 Å². The van der Waals surface area contributed by atoms with E-state index in [4.69, 9.17) is 5.73 Å². The van der Waals surface area contributed by atoms with Gasteiger partial charge in [-0.3, -0.25) is 4.79 Å². The first kappa shape index (κ1) is 21.1. The monoisotopic (exact) mass is 464 g/mol. The Labute approximate surface area is 197 Å². The smallest absolute Gasteiger partial charge is 0.175 e. The van der Waals surface area contributed by atoms with Gasteiger partial charge in [0, 0.05) is 42.7 Å². The highest BCUT2D eigenvalue weighted by molar-refractivity contribution is 7.21. The van der Waals surface area contributed by atoms with E-state index in [9.17, 15) is 9.18 Å². The normalized spacial score (nSPS) is 24.3. The minimum atomic E-state index is -0.386. The van der Waals surface area contributed by atoms with Crippen LogP contribution >= 0.6 is 11.3 Å². The molecule has 0 amide bonds. The van der Waals surface area contributed by atoms with Crippen molar-refractivity contribution in [1.29, 1.82) is 0 Å². The van der Waals surface area contributed by atoms with E-state index in [1.54, 1.807) is 6.92 Å². The number of piperazine rings is 1. The second kappa shape index (κ2) is 8.06. The molecule has 3 atom stereocenters. The van der Waals surface area contributed by atoms with E-state index in [-0.39, 0.29) is 11.6 Å². The number of ketones is 1. The van der Waals surface area contributed by atoms with Gasteiger partial charge in [-0.1, -0.05) is 6.07 Å². The molecular weight excluding hydrogens is 435 g/mol. The van der Waals surface area contributed by atoms with Gasteiger partial charge in [-0.2, -0.15) is 0 Å². The van der Waals surface area contributed by atoms with Gasteiger partial charge in [0.2, 0.25) is 0 Å². The van der Waals surface area contributed by atoms with Gasteiger partial charge in [-0.05, 0) is 74.3 Å². The molecule has 7 heteroatoms. The molecule has 172 valence electrons. The van der Waals surface area contributed by atoms with E-state index in [0.717, 1.165) is 32.4 Å². The van der Waals surface area contributed by atoms with Gasteiger partial charge in [-0.15, -0.1) is 11.3 Å². The summed E-state index contributed by atoms with van der Waals surface area (Å²) in [7, 11) is 0. The first-order valence-corrected chi connectivity index (χ1v) is 12.8. The number of nitrogens with zero attached hydrogens (tertiary/aromatic N) is 2. The van der Waals surface area contributed by atoms with Crippen molar-refractivity contribution >= 4 is 38.7 Å². The molecule has 0 radical (unpaired) electrons. The van der Waals surface area contributed by atoms with Gasteiger partial charge < -0.3 is 16.0 Å². The van der Waals surface area contributed by atoms with Crippen LogP contribution in [0.4, 0.5) is 15.8 Å². The number of carbonyl (C=O) groups excluding carboxylic acids is 1. The fraction of sp³-hybridized carbons (Fsp3) is 0.462. The zero-order chi connectivity index (χ0) is 22.7. The Balaban J connectivity index is 1.16. The predicted molar refractivity (Wildman–Crippen MR) is 132 cm³/mol. The summed E-state index contributed by atoms with van der Waals surface area (Å²) in [5.41, 5.74) is 11.1. The van der Waals surface area contributed by atoms with Gasteiger partial charge in [0.15, 0.2) is 5.78 Å². The summed E-state index contributed by atoms with van der Waals surface area (Å²) < 4.78 is 13.9. The molecule has 3 aromatic rings. The summed E-state index contributed by atoms with van der Waals surface area (Å²) in [5, 5.41) is 4.25. The zero-order valence-corrected chi connectivity index (χ0v) is 19.7. The van der Waals surface area contributed by atoms with Crippen LogP contribution in [0.15, 0.2) is 24.3 Å². The van der Waals surface area contributed by atoms with Crippen molar-refractivity contribution in [3.05, 3.63) is 51.8 Å². The molecule has 4 heterocycles. The fourth-order valence-corrected chi connectivity index (χ4v) is 6.93. The Morgan fingerprint density at radius 1 is 1.21 bits per heavy atom. The minimum absolute atomic E-state index is 0.0509.